The van der Waals surface area contributed by atoms with Crippen LogP contribution in [0.1, 0.15) is 10.5 Å². The third-order valence-corrected chi connectivity index (χ3v) is 2.32. The van der Waals surface area contributed by atoms with Crippen molar-refractivity contribution in [2.45, 2.75) is 3.79 Å². The first-order valence-electron chi connectivity index (χ1n) is 3.82. The van der Waals surface area contributed by atoms with Gasteiger partial charge >= 0.3 is 6.09 Å². The Morgan fingerprint density at radius 1 is 1.62 bits per heavy atom. The second-order valence-corrected chi connectivity index (χ2v) is 5.89. The number of nitrogens with zero attached hydrogens (tertiary/aromatic N) is 1. The molecule has 16 heavy (non-hydrogen) atoms. The monoisotopic (exact) mass is 302 g/mol. The molecule has 1 aromatic heterocycles. The van der Waals surface area contributed by atoms with E-state index in [1.807, 2.05) is 0 Å². The third-order valence-electron chi connectivity index (χ3n) is 1.22. The Hall–Kier alpha value is -0.560. The van der Waals surface area contributed by atoms with E-state index in [2.05, 4.69) is 15.0 Å². The lowest BCUT2D eigenvalue weighted by Gasteiger charge is -2.10. The maximum Gasteiger partial charge on any atom is 0.413 e. The highest BCUT2D eigenvalue weighted by molar-refractivity contribution is 7.14. The van der Waals surface area contributed by atoms with Crippen molar-refractivity contribution in [1.82, 2.24) is 4.98 Å². The fraction of sp³-hybridized carbons (Fsp3) is 0.286. The summed E-state index contributed by atoms with van der Waals surface area (Å²) in [6.07, 6.45) is -0.243. The Bertz CT molecular complexity index is 390. The van der Waals surface area contributed by atoms with Gasteiger partial charge < -0.3 is 4.74 Å². The summed E-state index contributed by atoms with van der Waals surface area (Å²) in [5.41, 5.74) is 0.224. The lowest BCUT2D eigenvalue weighted by atomic mass is 10.6. The third kappa shape index (κ3) is 4.98. The molecule has 0 saturated carbocycles. The van der Waals surface area contributed by atoms with Gasteiger partial charge in [-0.3, -0.25) is 10.1 Å². The number of rotatable bonds is 3. The van der Waals surface area contributed by atoms with Gasteiger partial charge in [0.15, 0.2) is 11.4 Å². The van der Waals surface area contributed by atoms with E-state index in [0.717, 1.165) is 11.3 Å². The smallest absolute Gasteiger partial charge is 0.413 e. The molecule has 9 heteroatoms. The summed E-state index contributed by atoms with van der Waals surface area (Å²) in [5, 5.41) is 4.00. The predicted octanol–water partition coefficient (Wildman–Crippen LogP) is 2.87. The van der Waals surface area contributed by atoms with Crippen LogP contribution in [0.3, 0.4) is 0 Å². The van der Waals surface area contributed by atoms with Gasteiger partial charge in [0.2, 0.25) is 3.79 Å². The number of carbonyl (C=O) groups excluding carboxylic acids is 2. The molecule has 0 aliphatic heterocycles. The number of ether oxygens (including phenoxy) is 1. The number of nitrogens with one attached hydrogen (secondary N) is 1. The molecule has 5 nitrogen and oxygen atoms in total. The Morgan fingerprint density at radius 3 is 2.81 bits per heavy atom. The van der Waals surface area contributed by atoms with Crippen molar-refractivity contribution in [3.05, 3.63) is 11.1 Å². The first kappa shape index (κ1) is 13.5. The van der Waals surface area contributed by atoms with Crippen molar-refractivity contribution in [2.75, 3.05) is 11.9 Å². The van der Waals surface area contributed by atoms with Crippen LogP contribution in [0.5, 0.6) is 0 Å². The summed E-state index contributed by atoms with van der Waals surface area (Å²) in [5.74, 6) is 0. The number of halogens is 3. The van der Waals surface area contributed by atoms with Crippen molar-refractivity contribution in [1.29, 1.82) is 0 Å². The number of anilines is 1. The standard InChI is InChI=1S/C7H5Cl3N2O3S/c8-7(9,10)3-15-6(14)12-5-11-4(1-13)2-16-5/h1-2H,3H2,(H,11,12,14). The van der Waals surface area contributed by atoms with E-state index >= 15 is 0 Å². The van der Waals surface area contributed by atoms with Crippen molar-refractivity contribution in [3.63, 3.8) is 0 Å². The van der Waals surface area contributed by atoms with Gasteiger partial charge in [-0.25, -0.2) is 9.78 Å². The van der Waals surface area contributed by atoms with Gasteiger partial charge in [-0.1, -0.05) is 34.8 Å². The summed E-state index contributed by atoms with van der Waals surface area (Å²) < 4.78 is 2.93. The number of aldehydes is 1. The summed E-state index contributed by atoms with van der Waals surface area (Å²) >= 11 is 17.2. The average molecular weight is 304 g/mol. The molecular formula is C7H5Cl3N2O3S. The normalized spacial score (nSPS) is 10.9. The Morgan fingerprint density at radius 2 is 2.31 bits per heavy atom. The van der Waals surface area contributed by atoms with Crippen molar-refractivity contribution in [3.8, 4) is 0 Å². The van der Waals surface area contributed by atoms with Gasteiger partial charge in [0.1, 0.15) is 12.3 Å². The quantitative estimate of drug-likeness (QED) is 0.688. The zero-order chi connectivity index (χ0) is 12.2. The molecule has 1 amide bonds. The van der Waals surface area contributed by atoms with E-state index in [1.165, 1.54) is 5.38 Å². The van der Waals surface area contributed by atoms with Gasteiger partial charge in [0, 0.05) is 5.38 Å². The van der Waals surface area contributed by atoms with E-state index in [4.69, 9.17) is 34.8 Å². The van der Waals surface area contributed by atoms with E-state index in [-0.39, 0.29) is 17.4 Å². The average Bonchev–Trinajstić information content (AvgIpc) is 2.61. The van der Waals surface area contributed by atoms with Crippen LogP contribution in [-0.2, 0) is 4.74 Å². The number of carbonyl (C=O) groups is 2. The molecule has 0 unspecified atom stereocenters. The number of amides is 1. The van der Waals surface area contributed by atoms with Crippen LogP contribution < -0.4 is 5.32 Å². The summed E-state index contributed by atoms with van der Waals surface area (Å²) in [6, 6.07) is 0. The number of thiazole rings is 1. The van der Waals surface area contributed by atoms with Gasteiger partial charge in [0.25, 0.3) is 0 Å². The van der Waals surface area contributed by atoms with E-state index < -0.39 is 9.89 Å². The van der Waals surface area contributed by atoms with Crippen molar-refractivity contribution in [2.24, 2.45) is 0 Å². The molecule has 0 saturated heterocycles. The molecule has 0 spiro atoms. The van der Waals surface area contributed by atoms with Crippen molar-refractivity contribution >= 4 is 63.7 Å². The highest BCUT2D eigenvalue weighted by Gasteiger charge is 2.22. The summed E-state index contributed by atoms with van der Waals surface area (Å²) in [6.45, 7) is -0.380. The molecule has 0 aliphatic rings. The van der Waals surface area contributed by atoms with Crippen molar-refractivity contribution < 1.29 is 14.3 Å². The summed E-state index contributed by atoms with van der Waals surface area (Å²) in [4.78, 5) is 25.2. The molecule has 88 valence electrons. The lowest BCUT2D eigenvalue weighted by Crippen LogP contribution is -2.21. The van der Waals surface area contributed by atoms with Gasteiger partial charge in [-0.05, 0) is 0 Å². The topological polar surface area (TPSA) is 68.3 Å². The first-order chi connectivity index (χ1) is 7.40. The Balaban J connectivity index is 2.42. The van der Waals surface area contributed by atoms with Gasteiger partial charge in [0.05, 0.1) is 0 Å². The zero-order valence-electron chi connectivity index (χ0n) is 7.58. The first-order valence-corrected chi connectivity index (χ1v) is 5.83. The van der Waals surface area contributed by atoms with Crippen LogP contribution in [0.15, 0.2) is 5.38 Å². The largest absolute Gasteiger partial charge is 0.445 e. The maximum absolute atomic E-state index is 11.1. The van der Waals surface area contributed by atoms with Crippen LogP contribution in [-0.4, -0.2) is 27.8 Å². The van der Waals surface area contributed by atoms with Gasteiger partial charge in [-0.2, -0.15) is 0 Å². The molecule has 0 aliphatic carbocycles. The second-order valence-electron chi connectivity index (χ2n) is 2.51. The fourth-order valence-electron chi connectivity index (χ4n) is 0.668. The van der Waals surface area contributed by atoms with Crippen LogP contribution in [0, 0.1) is 0 Å². The number of hydrogen-bond acceptors (Lipinski definition) is 5. The second kappa shape index (κ2) is 5.67. The van der Waals surface area contributed by atoms with E-state index in [9.17, 15) is 9.59 Å². The SMILES string of the molecule is O=Cc1csc(NC(=O)OCC(Cl)(Cl)Cl)n1. The molecule has 1 rings (SSSR count). The minimum absolute atomic E-state index is 0.224. The molecule has 1 aromatic rings. The Kier molecular flexibility index (Phi) is 4.79. The molecule has 1 N–H and O–H groups in total. The maximum atomic E-state index is 11.1. The van der Waals surface area contributed by atoms with Crippen LogP contribution in [0.4, 0.5) is 9.93 Å². The molecular weight excluding hydrogens is 299 g/mol. The molecule has 0 radical (unpaired) electrons. The molecule has 0 fully saturated rings. The number of hydrogen-bond donors (Lipinski definition) is 1. The number of alkyl halides is 3. The fourth-order valence-corrected chi connectivity index (χ4v) is 1.47. The van der Waals surface area contributed by atoms with Crippen LogP contribution >= 0.6 is 46.1 Å². The van der Waals surface area contributed by atoms with E-state index in [0.29, 0.717) is 6.29 Å². The zero-order valence-corrected chi connectivity index (χ0v) is 10.7. The highest BCUT2D eigenvalue weighted by Crippen LogP contribution is 2.26. The van der Waals surface area contributed by atoms with Crippen LogP contribution in [0.2, 0.25) is 0 Å². The number of aromatic nitrogens is 1. The Labute approximate surface area is 110 Å². The highest BCUT2D eigenvalue weighted by atomic mass is 35.6. The summed E-state index contributed by atoms with van der Waals surface area (Å²) in [7, 11) is 0. The molecule has 0 aromatic carbocycles. The molecule has 1 heterocycles. The van der Waals surface area contributed by atoms with Gasteiger partial charge in [-0.15, -0.1) is 11.3 Å². The molecule has 0 bridgehead atoms. The lowest BCUT2D eigenvalue weighted by molar-refractivity contribution is 0.111. The minimum Gasteiger partial charge on any atom is -0.445 e. The minimum atomic E-state index is -1.66. The molecule has 0 atom stereocenters. The van der Waals surface area contributed by atoms with E-state index in [1.54, 1.807) is 0 Å². The van der Waals surface area contributed by atoms with Crippen LogP contribution in [0.25, 0.3) is 0 Å². The predicted molar refractivity (Wildman–Crippen MR) is 62.8 cm³/mol.